The third-order valence-electron chi connectivity index (χ3n) is 2.99. The summed E-state index contributed by atoms with van der Waals surface area (Å²) in [4.78, 5) is 14.0. The van der Waals surface area contributed by atoms with E-state index in [0.29, 0.717) is 13.2 Å². The Bertz CT molecular complexity index is 238. The molecule has 2 atom stereocenters. The fourth-order valence-corrected chi connectivity index (χ4v) is 2.08. The molecular weight excluding hydrogens is 265 g/mol. The quantitative estimate of drug-likeness (QED) is 0.691. The number of hydrogen-bond acceptors (Lipinski definition) is 4. The van der Waals surface area contributed by atoms with E-state index in [1.807, 2.05) is 4.90 Å². The van der Waals surface area contributed by atoms with Crippen LogP contribution in [0.15, 0.2) is 0 Å². The first-order valence-electron chi connectivity index (χ1n) is 5.62. The zero-order valence-corrected chi connectivity index (χ0v) is 11.6. The first-order chi connectivity index (χ1) is 7.29. The van der Waals surface area contributed by atoms with Crippen molar-refractivity contribution >= 4 is 30.7 Å². The summed E-state index contributed by atoms with van der Waals surface area (Å²) in [7, 11) is 0. The van der Waals surface area contributed by atoms with E-state index in [1.165, 1.54) is 0 Å². The van der Waals surface area contributed by atoms with Gasteiger partial charge in [0.05, 0.1) is 6.61 Å². The lowest BCUT2D eigenvalue weighted by Gasteiger charge is -2.37. The first-order valence-corrected chi connectivity index (χ1v) is 5.62. The van der Waals surface area contributed by atoms with E-state index in [9.17, 15) is 4.79 Å². The molecule has 2 fully saturated rings. The number of ether oxygens (including phenoxy) is 1. The third-order valence-corrected chi connectivity index (χ3v) is 2.99. The highest BCUT2D eigenvalue weighted by Crippen LogP contribution is 2.08. The standard InChI is InChI=1S/C10H19N3O2.2ClH/c1-8-6-11-2-4-13(8)10(14)9-7-12-3-5-15-9;;/h8-9,11-12H,2-7H2,1H3;2*1H/t8-,9+;;/m0../s1. The van der Waals surface area contributed by atoms with Gasteiger partial charge in [0.15, 0.2) is 0 Å². The lowest BCUT2D eigenvalue weighted by Crippen LogP contribution is -2.57. The van der Waals surface area contributed by atoms with E-state index in [0.717, 1.165) is 26.2 Å². The number of nitrogens with one attached hydrogen (secondary N) is 2. The highest BCUT2D eigenvalue weighted by atomic mass is 35.5. The van der Waals surface area contributed by atoms with Gasteiger partial charge < -0.3 is 20.3 Å². The number of carbonyl (C=O) groups is 1. The Kier molecular flexibility index (Phi) is 8.07. The van der Waals surface area contributed by atoms with Crippen LogP contribution in [0.1, 0.15) is 6.92 Å². The molecule has 2 heterocycles. The minimum Gasteiger partial charge on any atom is -0.366 e. The molecule has 0 saturated carbocycles. The molecule has 17 heavy (non-hydrogen) atoms. The number of rotatable bonds is 1. The van der Waals surface area contributed by atoms with Gasteiger partial charge in [0, 0.05) is 38.8 Å². The molecule has 102 valence electrons. The van der Waals surface area contributed by atoms with Gasteiger partial charge in [0.1, 0.15) is 6.10 Å². The van der Waals surface area contributed by atoms with Gasteiger partial charge in [-0.2, -0.15) is 0 Å². The molecule has 0 spiro atoms. The Labute approximate surface area is 114 Å². The summed E-state index contributed by atoms with van der Waals surface area (Å²) >= 11 is 0. The minimum absolute atomic E-state index is 0. The van der Waals surface area contributed by atoms with Crippen LogP contribution in [0.25, 0.3) is 0 Å². The monoisotopic (exact) mass is 285 g/mol. The fourth-order valence-electron chi connectivity index (χ4n) is 2.08. The van der Waals surface area contributed by atoms with E-state index in [4.69, 9.17) is 4.74 Å². The van der Waals surface area contributed by atoms with Gasteiger partial charge in [-0.05, 0) is 6.92 Å². The zero-order chi connectivity index (χ0) is 10.7. The van der Waals surface area contributed by atoms with Crippen molar-refractivity contribution in [1.29, 1.82) is 0 Å². The number of amides is 1. The van der Waals surface area contributed by atoms with Crippen molar-refractivity contribution in [3.63, 3.8) is 0 Å². The third kappa shape index (κ3) is 4.26. The normalized spacial score (nSPS) is 28.9. The lowest BCUT2D eigenvalue weighted by atomic mass is 10.1. The largest absolute Gasteiger partial charge is 0.366 e. The molecule has 0 aromatic rings. The first kappa shape index (κ1) is 16.9. The summed E-state index contributed by atoms with van der Waals surface area (Å²) in [6, 6.07) is 0.275. The van der Waals surface area contributed by atoms with Crippen molar-refractivity contribution in [2.75, 3.05) is 39.3 Å². The molecule has 2 aliphatic heterocycles. The number of carbonyl (C=O) groups excluding carboxylic acids is 1. The molecule has 7 heteroatoms. The minimum atomic E-state index is -0.278. The van der Waals surface area contributed by atoms with Crippen LogP contribution in [-0.4, -0.2) is 62.3 Å². The van der Waals surface area contributed by atoms with E-state index in [2.05, 4.69) is 17.6 Å². The van der Waals surface area contributed by atoms with Crippen LogP contribution in [-0.2, 0) is 9.53 Å². The molecule has 2 N–H and O–H groups in total. The Hall–Kier alpha value is -0.0700. The number of halogens is 2. The molecule has 5 nitrogen and oxygen atoms in total. The van der Waals surface area contributed by atoms with Gasteiger partial charge in [-0.1, -0.05) is 0 Å². The molecule has 0 unspecified atom stereocenters. The molecule has 2 rings (SSSR count). The SMILES string of the molecule is C[C@H]1CNCCN1C(=O)[C@H]1CNCCO1.Cl.Cl. The highest BCUT2D eigenvalue weighted by molar-refractivity contribution is 5.85. The second-order valence-electron chi connectivity index (χ2n) is 4.15. The molecule has 2 aliphatic rings. The second kappa shape index (κ2) is 8.11. The fraction of sp³-hybridized carbons (Fsp3) is 0.900. The van der Waals surface area contributed by atoms with Crippen molar-refractivity contribution in [1.82, 2.24) is 15.5 Å². The van der Waals surface area contributed by atoms with E-state index in [1.54, 1.807) is 0 Å². The number of nitrogens with zero attached hydrogens (tertiary/aromatic N) is 1. The molecule has 0 aromatic heterocycles. The van der Waals surface area contributed by atoms with Crippen molar-refractivity contribution in [2.45, 2.75) is 19.1 Å². The molecule has 0 aliphatic carbocycles. The molecule has 0 bridgehead atoms. The molecular formula is C10H21Cl2N3O2. The summed E-state index contributed by atoms with van der Waals surface area (Å²) in [6.07, 6.45) is -0.278. The van der Waals surface area contributed by atoms with Crippen LogP contribution >= 0.6 is 24.8 Å². The van der Waals surface area contributed by atoms with Crippen LogP contribution in [0, 0.1) is 0 Å². The van der Waals surface area contributed by atoms with Crippen LogP contribution in [0.5, 0.6) is 0 Å². The average Bonchev–Trinajstić information content (AvgIpc) is 2.30. The van der Waals surface area contributed by atoms with Crippen molar-refractivity contribution in [2.24, 2.45) is 0 Å². The average molecular weight is 286 g/mol. The van der Waals surface area contributed by atoms with Gasteiger partial charge >= 0.3 is 0 Å². The van der Waals surface area contributed by atoms with Gasteiger partial charge in [0.2, 0.25) is 0 Å². The summed E-state index contributed by atoms with van der Waals surface area (Å²) in [6.45, 7) is 6.76. The molecule has 0 aromatic carbocycles. The summed E-state index contributed by atoms with van der Waals surface area (Å²) in [5.74, 6) is 0.135. The van der Waals surface area contributed by atoms with Crippen molar-refractivity contribution in [3.8, 4) is 0 Å². The summed E-state index contributed by atoms with van der Waals surface area (Å²) in [5, 5.41) is 6.45. The van der Waals surface area contributed by atoms with Gasteiger partial charge in [-0.15, -0.1) is 24.8 Å². The highest BCUT2D eigenvalue weighted by Gasteiger charge is 2.30. The summed E-state index contributed by atoms with van der Waals surface area (Å²) < 4.78 is 5.47. The van der Waals surface area contributed by atoms with Crippen LogP contribution < -0.4 is 10.6 Å². The predicted molar refractivity (Wildman–Crippen MR) is 71.2 cm³/mol. The zero-order valence-electron chi connectivity index (χ0n) is 9.98. The number of morpholine rings is 1. The number of piperazine rings is 1. The number of hydrogen-bond donors (Lipinski definition) is 2. The molecule has 2 saturated heterocycles. The predicted octanol–water partition coefficient (Wildman–Crippen LogP) is -0.361. The summed E-state index contributed by atoms with van der Waals surface area (Å²) in [5.41, 5.74) is 0. The van der Waals surface area contributed by atoms with Crippen LogP contribution in [0.3, 0.4) is 0 Å². The van der Waals surface area contributed by atoms with Crippen LogP contribution in [0.2, 0.25) is 0 Å². The van der Waals surface area contributed by atoms with E-state index >= 15 is 0 Å². The van der Waals surface area contributed by atoms with Gasteiger partial charge in [-0.25, -0.2) is 0 Å². The Morgan fingerprint density at radius 1 is 1.24 bits per heavy atom. The lowest BCUT2D eigenvalue weighted by molar-refractivity contribution is -0.148. The van der Waals surface area contributed by atoms with Crippen LogP contribution in [0.4, 0.5) is 0 Å². The molecule has 1 amide bonds. The maximum Gasteiger partial charge on any atom is 0.253 e. The Morgan fingerprint density at radius 3 is 2.53 bits per heavy atom. The maximum absolute atomic E-state index is 12.1. The van der Waals surface area contributed by atoms with Gasteiger partial charge in [0.25, 0.3) is 5.91 Å². The molecule has 0 radical (unpaired) electrons. The topological polar surface area (TPSA) is 53.6 Å². The second-order valence-corrected chi connectivity index (χ2v) is 4.15. The van der Waals surface area contributed by atoms with Gasteiger partial charge in [-0.3, -0.25) is 4.79 Å². The Balaban J connectivity index is 0.00000128. The van der Waals surface area contributed by atoms with E-state index in [-0.39, 0.29) is 42.9 Å². The van der Waals surface area contributed by atoms with Crippen molar-refractivity contribution in [3.05, 3.63) is 0 Å². The van der Waals surface area contributed by atoms with E-state index < -0.39 is 0 Å². The smallest absolute Gasteiger partial charge is 0.253 e. The Morgan fingerprint density at radius 2 is 1.94 bits per heavy atom. The van der Waals surface area contributed by atoms with Crippen molar-refractivity contribution < 1.29 is 9.53 Å². The maximum atomic E-state index is 12.1.